The van der Waals surface area contributed by atoms with Crippen LogP contribution in [0.5, 0.6) is 0 Å². The molecule has 0 radical (unpaired) electrons. The van der Waals surface area contributed by atoms with E-state index in [2.05, 4.69) is 15.6 Å². The normalized spacial score (nSPS) is 18.4. The molecule has 0 bridgehead atoms. The maximum atomic E-state index is 13.6. The van der Waals surface area contributed by atoms with Gasteiger partial charge in [-0.3, -0.25) is 9.79 Å². The zero-order chi connectivity index (χ0) is 16.8. The van der Waals surface area contributed by atoms with E-state index in [0.717, 1.165) is 13.0 Å². The molecule has 0 saturated carbocycles. The summed E-state index contributed by atoms with van der Waals surface area (Å²) in [5.74, 6) is 0.595. The van der Waals surface area contributed by atoms with Crippen molar-refractivity contribution in [2.45, 2.75) is 32.9 Å². The number of carbonyl (C=O) groups excluding carboxylic acids is 1. The number of halogens is 1. The number of hydrogen-bond acceptors (Lipinski definition) is 2. The summed E-state index contributed by atoms with van der Waals surface area (Å²) in [6.07, 6.45) is 0.888. The topological polar surface area (TPSA) is 56.7 Å². The lowest BCUT2D eigenvalue weighted by atomic mass is 10.2. The van der Waals surface area contributed by atoms with Crippen molar-refractivity contribution in [1.29, 1.82) is 0 Å². The minimum absolute atomic E-state index is 0.0206. The van der Waals surface area contributed by atoms with Gasteiger partial charge in [-0.25, -0.2) is 4.39 Å². The number of benzene rings is 1. The van der Waals surface area contributed by atoms with Crippen LogP contribution in [0.25, 0.3) is 0 Å². The summed E-state index contributed by atoms with van der Waals surface area (Å²) in [7, 11) is 1.68. The van der Waals surface area contributed by atoms with Crippen molar-refractivity contribution < 1.29 is 9.18 Å². The fraction of sp³-hybridized carbons (Fsp3) is 0.529. The molecule has 2 N–H and O–H groups in total. The van der Waals surface area contributed by atoms with E-state index >= 15 is 0 Å². The standard InChI is InChI=1S/C17H25FN4O/c1-12(2)16(23)22-9-8-14(11-22)21-17(19-3)20-10-13-6-4-5-7-15(13)18/h4-7,12,14H,8-11H2,1-3H3,(H2,19,20,21). The van der Waals surface area contributed by atoms with Crippen molar-refractivity contribution in [2.75, 3.05) is 20.1 Å². The molecule has 1 heterocycles. The fourth-order valence-corrected chi connectivity index (χ4v) is 2.65. The highest BCUT2D eigenvalue weighted by Crippen LogP contribution is 2.12. The van der Waals surface area contributed by atoms with Gasteiger partial charge in [0.1, 0.15) is 5.82 Å². The molecule has 1 fully saturated rings. The van der Waals surface area contributed by atoms with E-state index < -0.39 is 0 Å². The van der Waals surface area contributed by atoms with Crippen molar-refractivity contribution in [1.82, 2.24) is 15.5 Å². The first-order valence-electron chi connectivity index (χ1n) is 8.00. The van der Waals surface area contributed by atoms with Gasteiger partial charge in [0.2, 0.25) is 5.91 Å². The van der Waals surface area contributed by atoms with Gasteiger partial charge in [0.25, 0.3) is 0 Å². The van der Waals surface area contributed by atoms with Gasteiger partial charge in [-0.15, -0.1) is 0 Å². The molecule has 0 spiro atoms. The third kappa shape index (κ3) is 4.68. The van der Waals surface area contributed by atoms with Gasteiger partial charge in [-0.05, 0) is 12.5 Å². The van der Waals surface area contributed by atoms with Gasteiger partial charge in [-0.1, -0.05) is 32.0 Å². The van der Waals surface area contributed by atoms with E-state index in [4.69, 9.17) is 0 Å². The van der Waals surface area contributed by atoms with Crippen molar-refractivity contribution in [3.8, 4) is 0 Å². The summed E-state index contributed by atoms with van der Waals surface area (Å²) in [6, 6.07) is 6.84. The van der Waals surface area contributed by atoms with Crippen LogP contribution in [0.3, 0.4) is 0 Å². The van der Waals surface area contributed by atoms with Gasteiger partial charge >= 0.3 is 0 Å². The zero-order valence-electron chi connectivity index (χ0n) is 14.0. The molecule has 1 aromatic carbocycles. The van der Waals surface area contributed by atoms with Crippen LogP contribution in [0.15, 0.2) is 29.3 Å². The molecule has 5 nitrogen and oxygen atoms in total. The Morgan fingerprint density at radius 2 is 2.17 bits per heavy atom. The van der Waals surface area contributed by atoms with E-state index in [1.807, 2.05) is 24.8 Å². The van der Waals surface area contributed by atoms with Crippen LogP contribution in [0.1, 0.15) is 25.8 Å². The second-order valence-electron chi connectivity index (χ2n) is 6.09. The molecule has 1 amide bonds. The molecule has 126 valence electrons. The average molecular weight is 320 g/mol. The van der Waals surface area contributed by atoms with Crippen LogP contribution in [-0.2, 0) is 11.3 Å². The fourth-order valence-electron chi connectivity index (χ4n) is 2.65. The Labute approximate surface area is 137 Å². The highest BCUT2D eigenvalue weighted by Gasteiger charge is 2.27. The Bertz CT molecular complexity index is 573. The first-order chi connectivity index (χ1) is 11.0. The largest absolute Gasteiger partial charge is 0.352 e. The van der Waals surface area contributed by atoms with Gasteiger partial charge < -0.3 is 15.5 Å². The Balaban J connectivity index is 1.84. The maximum Gasteiger partial charge on any atom is 0.225 e. The van der Waals surface area contributed by atoms with E-state index in [1.165, 1.54) is 6.07 Å². The van der Waals surface area contributed by atoms with Gasteiger partial charge in [-0.2, -0.15) is 0 Å². The Morgan fingerprint density at radius 3 is 2.83 bits per heavy atom. The predicted octanol–water partition coefficient (Wildman–Crippen LogP) is 1.75. The predicted molar refractivity (Wildman–Crippen MR) is 89.6 cm³/mol. The molecule has 1 aliphatic heterocycles. The quantitative estimate of drug-likeness (QED) is 0.656. The molecule has 23 heavy (non-hydrogen) atoms. The van der Waals surface area contributed by atoms with Gasteiger partial charge in [0.05, 0.1) is 0 Å². The van der Waals surface area contributed by atoms with E-state index in [1.54, 1.807) is 19.2 Å². The second-order valence-corrected chi connectivity index (χ2v) is 6.09. The average Bonchev–Trinajstić information content (AvgIpc) is 3.00. The molecule has 1 aliphatic rings. The zero-order valence-corrected chi connectivity index (χ0v) is 14.0. The molecule has 1 aromatic rings. The van der Waals surface area contributed by atoms with Crippen molar-refractivity contribution in [3.05, 3.63) is 35.6 Å². The third-order valence-corrected chi connectivity index (χ3v) is 3.96. The summed E-state index contributed by atoms with van der Waals surface area (Å²) < 4.78 is 13.6. The molecule has 0 aliphatic carbocycles. The summed E-state index contributed by atoms with van der Waals surface area (Å²) in [4.78, 5) is 18.1. The van der Waals surface area contributed by atoms with Gasteiger partial charge in [0.15, 0.2) is 5.96 Å². The van der Waals surface area contributed by atoms with Crippen molar-refractivity contribution >= 4 is 11.9 Å². The number of aliphatic imine (C=N–C) groups is 1. The number of hydrogen-bond donors (Lipinski definition) is 2. The highest BCUT2D eigenvalue weighted by atomic mass is 19.1. The van der Waals surface area contributed by atoms with E-state index in [9.17, 15) is 9.18 Å². The SMILES string of the molecule is CN=C(NCc1ccccc1F)NC1CCN(C(=O)C(C)C)C1. The summed E-state index contributed by atoms with van der Waals surface area (Å²) in [5, 5.41) is 6.42. The lowest BCUT2D eigenvalue weighted by Crippen LogP contribution is -2.45. The lowest BCUT2D eigenvalue weighted by molar-refractivity contribution is -0.133. The third-order valence-electron chi connectivity index (χ3n) is 3.96. The first-order valence-corrected chi connectivity index (χ1v) is 8.00. The van der Waals surface area contributed by atoms with Crippen LogP contribution < -0.4 is 10.6 Å². The molecule has 0 aromatic heterocycles. The highest BCUT2D eigenvalue weighted by molar-refractivity contribution is 5.81. The van der Waals surface area contributed by atoms with Crippen LogP contribution in [0.4, 0.5) is 4.39 Å². The number of amides is 1. The second kappa shape index (κ2) is 7.94. The van der Waals surface area contributed by atoms with Crippen molar-refractivity contribution in [2.24, 2.45) is 10.9 Å². The van der Waals surface area contributed by atoms with Crippen molar-refractivity contribution in [3.63, 3.8) is 0 Å². The smallest absolute Gasteiger partial charge is 0.225 e. The molecular formula is C17H25FN4O. The van der Waals surface area contributed by atoms with Crippen LogP contribution in [0.2, 0.25) is 0 Å². The molecular weight excluding hydrogens is 295 g/mol. The number of guanidine groups is 1. The minimum atomic E-state index is -0.231. The number of carbonyl (C=O) groups is 1. The molecule has 1 atom stereocenters. The molecule has 2 rings (SSSR count). The summed E-state index contributed by atoms with van der Waals surface area (Å²) in [5.41, 5.74) is 0.596. The monoisotopic (exact) mass is 320 g/mol. The Hall–Kier alpha value is -2.11. The number of nitrogens with one attached hydrogen (secondary N) is 2. The van der Waals surface area contributed by atoms with E-state index in [0.29, 0.717) is 24.6 Å². The first kappa shape index (κ1) is 17.2. The summed E-state index contributed by atoms with van der Waals surface area (Å²) in [6.45, 7) is 5.64. The van der Waals surface area contributed by atoms with Crippen LogP contribution in [-0.4, -0.2) is 42.9 Å². The number of likely N-dealkylation sites (tertiary alicyclic amines) is 1. The van der Waals surface area contributed by atoms with Crippen LogP contribution >= 0.6 is 0 Å². The maximum absolute atomic E-state index is 13.6. The van der Waals surface area contributed by atoms with Crippen LogP contribution in [0, 0.1) is 11.7 Å². The molecule has 1 unspecified atom stereocenters. The Kier molecular flexibility index (Phi) is 5.96. The molecule has 6 heteroatoms. The van der Waals surface area contributed by atoms with Gasteiger partial charge in [0, 0.05) is 44.2 Å². The summed E-state index contributed by atoms with van der Waals surface area (Å²) >= 11 is 0. The number of nitrogens with zero attached hydrogens (tertiary/aromatic N) is 2. The lowest BCUT2D eigenvalue weighted by Gasteiger charge is -2.20. The number of rotatable bonds is 4. The Morgan fingerprint density at radius 1 is 1.43 bits per heavy atom. The molecule has 1 saturated heterocycles. The minimum Gasteiger partial charge on any atom is -0.352 e. The van der Waals surface area contributed by atoms with E-state index in [-0.39, 0.29) is 23.7 Å².